The van der Waals surface area contributed by atoms with E-state index in [0.29, 0.717) is 25.5 Å². The molecule has 2 saturated heterocycles. The van der Waals surface area contributed by atoms with Gasteiger partial charge in [0.05, 0.1) is 19.1 Å². The van der Waals surface area contributed by atoms with Crippen LogP contribution >= 0.6 is 0 Å². The molecule has 0 aromatic carbocycles. The van der Waals surface area contributed by atoms with Gasteiger partial charge < -0.3 is 14.5 Å². The Kier molecular flexibility index (Phi) is 4.85. The molecule has 7 heteroatoms. The second-order valence-corrected chi connectivity index (χ2v) is 6.95. The van der Waals surface area contributed by atoms with Crippen LogP contribution in [0.2, 0.25) is 0 Å². The molecule has 5 nitrogen and oxygen atoms in total. The highest BCUT2D eigenvalue weighted by Gasteiger charge is 2.45. The molecular formula is C16H24F2N2O3. The molecule has 2 aliphatic heterocycles. The lowest BCUT2D eigenvalue weighted by molar-refractivity contribution is -0.154. The SMILES string of the molecule is O=C1CCCN1CC(=O)N1CCC(F)(F)C(COCC2CC2)C1. The first-order valence-electron chi connectivity index (χ1n) is 8.47. The highest BCUT2D eigenvalue weighted by atomic mass is 19.3. The topological polar surface area (TPSA) is 49.9 Å². The number of rotatable bonds is 6. The largest absolute Gasteiger partial charge is 0.381 e. The Morgan fingerprint density at radius 2 is 2.04 bits per heavy atom. The van der Waals surface area contributed by atoms with Gasteiger partial charge in [0.1, 0.15) is 0 Å². The van der Waals surface area contributed by atoms with Gasteiger partial charge in [0.15, 0.2) is 0 Å². The summed E-state index contributed by atoms with van der Waals surface area (Å²) in [5, 5.41) is 0. The third kappa shape index (κ3) is 4.19. The monoisotopic (exact) mass is 330 g/mol. The van der Waals surface area contributed by atoms with E-state index < -0.39 is 11.8 Å². The lowest BCUT2D eigenvalue weighted by Crippen LogP contribution is -2.53. The van der Waals surface area contributed by atoms with E-state index in [0.717, 1.165) is 19.3 Å². The third-order valence-electron chi connectivity index (χ3n) is 4.97. The van der Waals surface area contributed by atoms with Gasteiger partial charge in [0.25, 0.3) is 5.92 Å². The quantitative estimate of drug-likeness (QED) is 0.742. The van der Waals surface area contributed by atoms with Crippen LogP contribution in [0.1, 0.15) is 32.1 Å². The van der Waals surface area contributed by atoms with Gasteiger partial charge in [0.2, 0.25) is 11.8 Å². The molecular weight excluding hydrogens is 306 g/mol. The Bertz CT molecular complexity index is 468. The van der Waals surface area contributed by atoms with E-state index in [2.05, 4.69) is 0 Å². The van der Waals surface area contributed by atoms with Crippen molar-refractivity contribution in [3.8, 4) is 0 Å². The van der Waals surface area contributed by atoms with Crippen molar-refractivity contribution >= 4 is 11.8 Å². The number of carbonyl (C=O) groups excluding carboxylic acids is 2. The standard InChI is InChI=1S/C16H24F2N2O3/c17-16(18)5-7-20(8-13(16)11-23-10-12-3-4-12)15(22)9-19-6-1-2-14(19)21/h12-13H,1-11H2. The van der Waals surface area contributed by atoms with Gasteiger partial charge in [-0.15, -0.1) is 0 Å². The number of amides is 2. The normalized spacial score (nSPS) is 27.6. The second kappa shape index (κ2) is 6.71. The van der Waals surface area contributed by atoms with Gasteiger partial charge in [-0.05, 0) is 25.2 Å². The lowest BCUT2D eigenvalue weighted by Gasteiger charge is -2.38. The van der Waals surface area contributed by atoms with Gasteiger partial charge in [-0.2, -0.15) is 0 Å². The van der Waals surface area contributed by atoms with Crippen LogP contribution in [0.25, 0.3) is 0 Å². The van der Waals surface area contributed by atoms with Crippen molar-refractivity contribution in [2.45, 2.75) is 38.0 Å². The summed E-state index contributed by atoms with van der Waals surface area (Å²) in [4.78, 5) is 26.9. The van der Waals surface area contributed by atoms with Crippen LogP contribution in [0.4, 0.5) is 8.78 Å². The van der Waals surface area contributed by atoms with Crippen molar-refractivity contribution in [3.63, 3.8) is 0 Å². The summed E-state index contributed by atoms with van der Waals surface area (Å²) in [6, 6.07) is 0. The number of hydrogen-bond donors (Lipinski definition) is 0. The van der Waals surface area contributed by atoms with E-state index in [-0.39, 0.29) is 44.5 Å². The highest BCUT2D eigenvalue weighted by Crippen LogP contribution is 2.35. The zero-order chi connectivity index (χ0) is 16.4. The van der Waals surface area contributed by atoms with Crippen LogP contribution in [0.5, 0.6) is 0 Å². The van der Waals surface area contributed by atoms with E-state index in [1.54, 1.807) is 0 Å². The fourth-order valence-electron chi connectivity index (χ4n) is 3.18. The van der Waals surface area contributed by atoms with Gasteiger partial charge in [-0.25, -0.2) is 8.78 Å². The van der Waals surface area contributed by atoms with Gasteiger partial charge in [-0.3, -0.25) is 9.59 Å². The maximum atomic E-state index is 14.0. The van der Waals surface area contributed by atoms with E-state index in [1.807, 2.05) is 0 Å². The van der Waals surface area contributed by atoms with Crippen LogP contribution < -0.4 is 0 Å². The summed E-state index contributed by atoms with van der Waals surface area (Å²) in [5.41, 5.74) is 0. The number of nitrogens with zero attached hydrogens (tertiary/aromatic N) is 2. The fraction of sp³-hybridized carbons (Fsp3) is 0.875. The predicted octanol–water partition coefficient (Wildman–Crippen LogP) is 1.52. The maximum Gasteiger partial charge on any atom is 0.256 e. The zero-order valence-corrected chi connectivity index (χ0v) is 13.3. The van der Waals surface area contributed by atoms with Crippen LogP contribution in [0, 0.1) is 11.8 Å². The van der Waals surface area contributed by atoms with Crippen molar-refractivity contribution in [3.05, 3.63) is 0 Å². The van der Waals surface area contributed by atoms with Crippen molar-refractivity contribution in [1.82, 2.24) is 9.80 Å². The molecule has 1 aliphatic carbocycles. The molecule has 2 amide bonds. The van der Waals surface area contributed by atoms with Crippen molar-refractivity contribution in [2.24, 2.45) is 11.8 Å². The van der Waals surface area contributed by atoms with Gasteiger partial charge in [-0.1, -0.05) is 0 Å². The minimum Gasteiger partial charge on any atom is -0.381 e. The highest BCUT2D eigenvalue weighted by molar-refractivity contribution is 5.85. The first-order valence-corrected chi connectivity index (χ1v) is 8.47. The number of ether oxygens (including phenoxy) is 1. The number of hydrogen-bond acceptors (Lipinski definition) is 3. The predicted molar refractivity (Wildman–Crippen MR) is 79.0 cm³/mol. The molecule has 0 bridgehead atoms. The Hall–Kier alpha value is -1.24. The molecule has 0 N–H and O–H groups in total. The summed E-state index contributed by atoms with van der Waals surface area (Å²) in [7, 11) is 0. The fourth-order valence-corrected chi connectivity index (χ4v) is 3.18. The summed E-state index contributed by atoms with van der Waals surface area (Å²) in [6.07, 6.45) is 3.15. The molecule has 1 unspecified atom stereocenters. The second-order valence-electron chi connectivity index (χ2n) is 6.95. The Morgan fingerprint density at radius 3 is 2.70 bits per heavy atom. The molecule has 1 saturated carbocycles. The first kappa shape index (κ1) is 16.6. The molecule has 130 valence electrons. The molecule has 23 heavy (non-hydrogen) atoms. The van der Waals surface area contributed by atoms with Crippen LogP contribution in [-0.2, 0) is 14.3 Å². The molecule has 0 aromatic heterocycles. The average Bonchev–Trinajstić information content (AvgIpc) is 3.24. The minimum absolute atomic E-state index is 0.00404. The molecule has 3 rings (SSSR count). The molecule has 3 aliphatic rings. The van der Waals surface area contributed by atoms with Crippen molar-refractivity contribution in [2.75, 3.05) is 39.4 Å². The molecule has 0 aromatic rings. The summed E-state index contributed by atoms with van der Waals surface area (Å²) in [6.45, 7) is 1.20. The van der Waals surface area contributed by atoms with Crippen molar-refractivity contribution in [1.29, 1.82) is 0 Å². The molecule has 0 radical (unpaired) electrons. The summed E-state index contributed by atoms with van der Waals surface area (Å²) in [5.74, 6) is -3.46. The molecule has 1 atom stereocenters. The Morgan fingerprint density at radius 1 is 1.26 bits per heavy atom. The Balaban J connectivity index is 1.51. The number of alkyl halides is 2. The number of carbonyl (C=O) groups is 2. The Labute approximate surface area is 134 Å². The van der Waals surface area contributed by atoms with Crippen LogP contribution in [0.15, 0.2) is 0 Å². The van der Waals surface area contributed by atoms with Crippen LogP contribution in [0.3, 0.4) is 0 Å². The summed E-state index contributed by atoms with van der Waals surface area (Å²) < 4.78 is 33.5. The minimum atomic E-state index is -2.79. The van der Waals surface area contributed by atoms with Gasteiger partial charge in [0, 0.05) is 39.1 Å². The van der Waals surface area contributed by atoms with Crippen LogP contribution in [-0.4, -0.2) is 66.9 Å². The van der Waals surface area contributed by atoms with E-state index in [9.17, 15) is 18.4 Å². The number of piperidine rings is 1. The molecule has 2 heterocycles. The average molecular weight is 330 g/mol. The maximum absolute atomic E-state index is 14.0. The zero-order valence-electron chi connectivity index (χ0n) is 13.3. The van der Waals surface area contributed by atoms with Crippen molar-refractivity contribution < 1.29 is 23.1 Å². The first-order chi connectivity index (χ1) is 11.0. The molecule has 3 fully saturated rings. The van der Waals surface area contributed by atoms with E-state index >= 15 is 0 Å². The van der Waals surface area contributed by atoms with Gasteiger partial charge >= 0.3 is 0 Å². The van der Waals surface area contributed by atoms with E-state index in [1.165, 1.54) is 9.80 Å². The number of halogens is 2. The number of likely N-dealkylation sites (tertiary alicyclic amines) is 2. The third-order valence-corrected chi connectivity index (χ3v) is 4.97. The summed E-state index contributed by atoms with van der Waals surface area (Å²) >= 11 is 0. The lowest BCUT2D eigenvalue weighted by atomic mass is 9.94. The smallest absolute Gasteiger partial charge is 0.256 e. The van der Waals surface area contributed by atoms with E-state index in [4.69, 9.17) is 4.74 Å². The molecule has 0 spiro atoms.